The highest BCUT2D eigenvalue weighted by Crippen LogP contribution is 2.36. The van der Waals surface area contributed by atoms with Gasteiger partial charge in [0.15, 0.2) is 0 Å². The Kier molecular flexibility index (Phi) is 7.67. The fourth-order valence-corrected chi connectivity index (χ4v) is 4.80. The molecule has 3 heterocycles. The van der Waals surface area contributed by atoms with Crippen LogP contribution in [0.25, 0.3) is 0 Å². The van der Waals surface area contributed by atoms with Crippen LogP contribution in [0.4, 0.5) is 19.3 Å². The lowest BCUT2D eigenvalue weighted by Crippen LogP contribution is -2.51. The zero-order valence-electron chi connectivity index (χ0n) is 20.6. The number of pyridine rings is 1. The summed E-state index contributed by atoms with van der Waals surface area (Å²) in [5.41, 5.74) is -0.239. The summed E-state index contributed by atoms with van der Waals surface area (Å²) in [6.45, 7) is 6.58. The van der Waals surface area contributed by atoms with Gasteiger partial charge in [0.2, 0.25) is 0 Å². The number of hydrogen-bond acceptors (Lipinski definition) is 7. The normalized spacial score (nSPS) is 19.9. The Labute approximate surface area is 216 Å². The molecular formula is C25H27F2N5O4S. The molecule has 37 heavy (non-hydrogen) atoms. The Bertz CT molecular complexity index is 1250. The molecule has 2 aliphatic rings. The molecule has 0 bridgehead atoms. The average molecular weight is 532 g/mol. The first-order valence-electron chi connectivity index (χ1n) is 11.7. The number of carbonyl (C=O) groups excluding carboxylic acids is 3. The smallest absolute Gasteiger partial charge is 0.410 e. The predicted octanol–water partition coefficient (Wildman–Crippen LogP) is 4.33. The third kappa shape index (κ3) is 6.19. The summed E-state index contributed by atoms with van der Waals surface area (Å²) in [5.74, 6) is -2.82. The Morgan fingerprint density at radius 1 is 1.16 bits per heavy atom. The predicted molar refractivity (Wildman–Crippen MR) is 134 cm³/mol. The number of halogens is 2. The molecule has 9 nitrogen and oxygen atoms in total. The molecule has 1 N–H and O–H groups in total. The Morgan fingerprint density at radius 3 is 2.54 bits per heavy atom. The summed E-state index contributed by atoms with van der Waals surface area (Å²) in [4.78, 5) is 49.7. The highest BCUT2D eigenvalue weighted by atomic mass is 32.1. The van der Waals surface area contributed by atoms with Crippen molar-refractivity contribution in [3.05, 3.63) is 64.2 Å². The van der Waals surface area contributed by atoms with Gasteiger partial charge in [0, 0.05) is 37.8 Å². The number of nitrogens with zero attached hydrogens (tertiary/aromatic N) is 4. The average Bonchev–Trinajstić information content (AvgIpc) is 3.33. The van der Waals surface area contributed by atoms with E-state index < -0.39 is 35.5 Å². The molecule has 4 rings (SSSR count). The molecule has 1 aliphatic carbocycles. The van der Waals surface area contributed by atoms with Gasteiger partial charge >= 0.3 is 6.09 Å². The van der Waals surface area contributed by atoms with E-state index in [1.165, 1.54) is 42.1 Å². The molecule has 3 amide bonds. The van der Waals surface area contributed by atoms with E-state index in [1.54, 1.807) is 30.6 Å². The second-order valence-corrected chi connectivity index (χ2v) is 10.5. The van der Waals surface area contributed by atoms with Gasteiger partial charge in [-0.15, -0.1) is 11.3 Å². The van der Waals surface area contributed by atoms with Gasteiger partial charge in [-0.25, -0.2) is 18.6 Å². The number of amides is 3. The first-order valence-corrected chi connectivity index (χ1v) is 12.6. The summed E-state index contributed by atoms with van der Waals surface area (Å²) < 4.78 is 33.8. The molecule has 196 valence electrons. The monoisotopic (exact) mass is 531 g/mol. The molecule has 2 aromatic rings. The number of anilines is 1. The molecule has 0 saturated carbocycles. The maximum absolute atomic E-state index is 14.2. The van der Waals surface area contributed by atoms with Crippen LogP contribution in [0.2, 0.25) is 0 Å². The zero-order chi connectivity index (χ0) is 26.7. The van der Waals surface area contributed by atoms with Crippen molar-refractivity contribution in [2.45, 2.75) is 38.5 Å². The number of piperazine rings is 1. The minimum atomic E-state index is -1.58. The van der Waals surface area contributed by atoms with Crippen LogP contribution in [0.3, 0.4) is 0 Å². The van der Waals surface area contributed by atoms with Crippen LogP contribution < -0.4 is 5.32 Å². The van der Waals surface area contributed by atoms with Crippen molar-refractivity contribution in [2.24, 2.45) is 0 Å². The molecule has 1 fully saturated rings. The van der Waals surface area contributed by atoms with E-state index in [0.717, 1.165) is 11.3 Å². The standard InChI is InChI=1S/C25H27F2N5O4S/c1-25(2,3)36-24(35)32-11-9-31(10-12-32)23(34)15-7-8-28-13-18(15)29-21(33)19-14-37-22(30-19)20-16(26)5-4-6-17(20)27/h4-8,13-14,16,20H,9-12H2,1-3H3,(H,29,33). The molecule has 0 spiro atoms. The number of thiazole rings is 1. The van der Waals surface area contributed by atoms with Crippen LogP contribution in [0.15, 0.2) is 47.9 Å². The van der Waals surface area contributed by atoms with Crippen molar-refractivity contribution >= 4 is 34.9 Å². The summed E-state index contributed by atoms with van der Waals surface area (Å²) in [6, 6.07) is 1.49. The summed E-state index contributed by atoms with van der Waals surface area (Å²) in [7, 11) is 0. The quantitative estimate of drug-likeness (QED) is 0.630. The second-order valence-electron chi connectivity index (χ2n) is 9.56. The zero-order valence-corrected chi connectivity index (χ0v) is 21.4. The maximum atomic E-state index is 14.2. The minimum Gasteiger partial charge on any atom is -0.444 e. The third-order valence-corrected chi connectivity index (χ3v) is 6.63. The molecule has 0 aromatic carbocycles. The van der Waals surface area contributed by atoms with Gasteiger partial charge in [-0.2, -0.15) is 0 Å². The second kappa shape index (κ2) is 10.8. The molecule has 2 atom stereocenters. The molecule has 1 aliphatic heterocycles. The van der Waals surface area contributed by atoms with Crippen LogP contribution >= 0.6 is 11.3 Å². The van der Waals surface area contributed by atoms with Crippen LogP contribution in [-0.4, -0.2) is 75.6 Å². The number of aromatic nitrogens is 2. The van der Waals surface area contributed by atoms with Gasteiger partial charge in [-0.05, 0) is 39.0 Å². The summed E-state index contributed by atoms with van der Waals surface area (Å²) in [5, 5.41) is 4.19. The maximum Gasteiger partial charge on any atom is 0.410 e. The Balaban J connectivity index is 1.42. The number of nitrogens with one attached hydrogen (secondary N) is 1. The van der Waals surface area contributed by atoms with Crippen LogP contribution in [-0.2, 0) is 4.74 Å². The van der Waals surface area contributed by atoms with Crippen molar-refractivity contribution in [3.8, 4) is 0 Å². The largest absolute Gasteiger partial charge is 0.444 e. The molecule has 12 heteroatoms. The summed E-state index contributed by atoms with van der Waals surface area (Å²) >= 11 is 0.982. The highest BCUT2D eigenvalue weighted by Gasteiger charge is 2.32. The van der Waals surface area contributed by atoms with E-state index in [-0.39, 0.29) is 27.9 Å². The minimum absolute atomic E-state index is 0.0252. The van der Waals surface area contributed by atoms with E-state index >= 15 is 0 Å². The van der Waals surface area contributed by atoms with Gasteiger partial charge in [-0.3, -0.25) is 14.6 Å². The van der Waals surface area contributed by atoms with Crippen molar-refractivity contribution in [3.63, 3.8) is 0 Å². The van der Waals surface area contributed by atoms with Crippen LogP contribution in [0.5, 0.6) is 0 Å². The first-order chi connectivity index (χ1) is 17.5. The summed E-state index contributed by atoms with van der Waals surface area (Å²) in [6.07, 6.45) is 4.48. The lowest BCUT2D eigenvalue weighted by atomic mass is 9.98. The number of hydrogen-bond donors (Lipinski definition) is 1. The SMILES string of the molecule is CC(C)(C)OC(=O)N1CCN(C(=O)c2ccncc2NC(=O)c2csc(C3C(F)=CC=CC3F)n2)CC1. The number of rotatable bonds is 4. The fourth-order valence-electron chi connectivity index (χ4n) is 3.87. The molecular weight excluding hydrogens is 504 g/mol. The van der Waals surface area contributed by atoms with Gasteiger partial charge in [-0.1, -0.05) is 6.08 Å². The molecule has 2 unspecified atom stereocenters. The van der Waals surface area contributed by atoms with Crippen molar-refractivity contribution in [2.75, 3.05) is 31.5 Å². The number of alkyl halides is 1. The van der Waals surface area contributed by atoms with Gasteiger partial charge in [0.05, 0.1) is 23.4 Å². The molecule has 0 radical (unpaired) electrons. The van der Waals surface area contributed by atoms with Gasteiger partial charge in [0.25, 0.3) is 11.8 Å². The Hall–Kier alpha value is -3.67. The van der Waals surface area contributed by atoms with E-state index in [0.29, 0.717) is 26.2 Å². The van der Waals surface area contributed by atoms with Crippen molar-refractivity contribution in [1.29, 1.82) is 0 Å². The van der Waals surface area contributed by atoms with E-state index in [2.05, 4.69) is 15.3 Å². The fraction of sp³-hybridized carbons (Fsp3) is 0.400. The number of ether oxygens (including phenoxy) is 1. The Morgan fingerprint density at radius 2 is 1.86 bits per heavy atom. The van der Waals surface area contributed by atoms with Crippen molar-refractivity contribution in [1.82, 2.24) is 19.8 Å². The van der Waals surface area contributed by atoms with E-state index in [4.69, 9.17) is 4.74 Å². The van der Waals surface area contributed by atoms with E-state index in [9.17, 15) is 23.2 Å². The lowest BCUT2D eigenvalue weighted by molar-refractivity contribution is 0.0141. The lowest BCUT2D eigenvalue weighted by Gasteiger charge is -2.35. The number of carbonyl (C=O) groups is 3. The van der Waals surface area contributed by atoms with Gasteiger partial charge < -0.3 is 19.9 Å². The van der Waals surface area contributed by atoms with Crippen molar-refractivity contribution < 1.29 is 27.9 Å². The first kappa shape index (κ1) is 26.4. The third-order valence-electron chi connectivity index (χ3n) is 5.70. The topological polar surface area (TPSA) is 105 Å². The van der Waals surface area contributed by atoms with Gasteiger partial charge in [0.1, 0.15) is 28.3 Å². The van der Waals surface area contributed by atoms with Crippen LogP contribution in [0.1, 0.15) is 52.5 Å². The van der Waals surface area contributed by atoms with E-state index in [1.807, 2.05) is 0 Å². The number of allylic oxidation sites excluding steroid dienone is 4. The van der Waals surface area contributed by atoms with Crippen LogP contribution in [0, 0.1) is 0 Å². The molecule has 1 saturated heterocycles. The molecule has 2 aromatic heterocycles. The highest BCUT2D eigenvalue weighted by molar-refractivity contribution is 7.10.